The summed E-state index contributed by atoms with van der Waals surface area (Å²) in [7, 11) is 0. The van der Waals surface area contributed by atoms with Gasteiger partial charge in [0.1, 0.15) is 0 Å². The molecule has 1 aromatic rings. The molecule has 1 aliphatic carbocycles. The highest BCUT2D eigenvalue weighted by atomic mass is 19.4. The van der Waals surface area contributed by atoms with Gasteiger partial charge in [0.25, 0.3) is 0 Å². The maximum absolute atomic E-state index is 12.6. The summed E-state index contributed by atoms with van der Waals surface area (Å²) in [5.41, 5.74) is -2.26. The van der Waals surface area contributed by atoms with E-state index < -0.39 is 23.1 Å². The summed E-state index contributed by atoms with van der Waals surface area (Å²) in [5.74, 6) is -1.32. The molecule has 1 N–H and O–H groups in total. The van der Waals surface area contributed by atoms with E-state index in [2.05, 4.69) is 0 Å². The Morgan fingerprint density at radius 3 is 2.39 bits per heavy atom. The molecule has 0 amide bonds. The van der Waals surface area contributed by atoms with E-state index in [1.807, 2.05) is 6.07 Å². The molecule has 0 saturated heterocycles. The molecule has 0 spiro atoms. The number of alkyl halides is 3. The van der Waals surface area contributed by atoms with Crippen LogP contribution in [0, 0.1) is 11.3 Å². The Morgan fingerprint density at radius 2 is 2.00 bits per heavy atom. The van der Waals surface area contributed by atoms with Crippen LogP contribution >= 0.6 is 0 Å². The molecule has 6 heteroatoms. The topological polar surface area (TPSA) is 61.1 Å². The largest absolute Gasteiger partial charge is 0.478 e. The lowest BCUT2D eigenvalue weighted by atomic mass is 9.90. The van der Waals surface area contributed by atoms with Gasteiger partial charge >= 0.3 is 12.1 Å². The van der Waals surface area contributed by atoms with Crippen molar-refractivity contribution >= 4 is 5.97 Å². The Morgan fingerprint density at radius 1 is 1.39 bits per heavy atom. The number of carbonyl (C=O) groups is 1. The Kier molecular flexibility index (Phi) is 2.58. The number of halogens is 3. The number of carboxylic acids is 1. The first-order valence-corrected chi connectivity index (χ1v) is 5.16. The van der Waals surface area contributed by atoms with Crippen molar-refractivity contribution in [3.05, 3.63) is 34.9 Å². The van der Waals surface area contributed by atoms with Crippen molar-refractivity contribution in [2.45, 2.75) is 24.4 Å². The maximum atomic E-state index is 12.6. The average Bonchev–Trinajstić information content (AvgIpc) is 3.07. The SMILES string of the molecule is N#CC1(c2cc(C(F)(F)F)ccc2C(=O)O)CC1. The first-order valence-electron chi connectivity index (χ1n) is 5.16. The van der Waals surface area contributed by atoms with Crippen LogP contribution in [-0.2, 0) is 11.6 Å². The molecule has 0 bridgehead atoms. The van der Waals surface area contributed by atoms with Crippen LogP contribution in [0.2, 0.25) is 0 Å². The third kappa shape index (κ3) is 1.92. The fourth-order valence-electron chi connectivity index (χ4n) is 1.87. The molecule has 1 fully saturated rings. The molecule has 0 atom stereocenters. The zero-order valence-electron chi connectivity index (χ0n) is 9.08. The summed E-state index contributed by atoms with van der Waals surface area (Å²) in [6, 6.07) is 4.33. The second-order valence-corrected chi connectivity index (χ2v) is 4.26. The van der Waals surface area contributed by atoms with Gasteiger partial charge < -0.3 is 5.11 Å². The summed E-state index contributed by atoms with van der Waals surface area (Å²) in [6.45, 7) is 0. The molecule has 0 unspecified atom stereocenters. The molecule has 1 aliphatic rings. The van der Waals surface area contributed by atoms with Gasteiger partial charge in [0.2, 0.25) is 0 Å². The third-order valence-corrected chi connectivity index (χ3v) is 3.06. The van der Waals surface area contributed by atoms with E-state index in [9.17, 15) is 18.0 Å². The minimum atomic E-state index is -4.54. The lowest BCUT2D eigenvalue weighted by molar-refractivity contribution is -0.137. The van der Waals surface area contributed by atoms with Crippen LogP contribution in [0.1, 0.15) is 34.3 Å². The lowest BCUT2D eigenvalue weighted by Crippen LogP contribution is -2.14. The van der Waals surface area contributed by atoms with Crippen molar-refractivity contribution in [2.24, 2.45) is 0 Å². The highest BCUT2D eigenvalue weighted by Crippen LogP contribution is 2.49. The van der Waals surface area contributed by atoms with Gasteiger partial charge in [0.05, 0.1) is 22.6 Å². The number of nitriles is 1. The van der Waals surface area contributed by atoms with Crippen LogP contribution in [0.3, 0.4) is 0 Å². The molecule has 18 heavy (non-hydrogen) atoms. The smallest absolute Gasteiger partial charge is 0.416 e. The summed E-state index contributed by atoms with van der Waals surface area (Å²) in [4.78, 5) is 11.0. The van der Waals surface area contributed by atoms with Crippen molar-refractivity contribution in [2.75, 3.05) is 0 Å². The van der Waals surface area contributed by atoms with Crippen LogP contribution in [-0.4, -0.2) is 11.1 Å². The van der Waals surface area contributed by atoms with Gasteiger partial charge in [-0.1, -0.05) is 0 Å². The molecular weight excluding hydrogens is 247 g/mol. The third-order valence-electron chi connectivity index (χ3n) is 3.06. The molecule has 0 radical (unpaired) electrons. The number of nitrogens with zero attached hydrogens (tertiary/aromatic N) is 1. The molecule has 1 saturated carbocycles. The second-order valence-electron chi connectivity index (χ2n) is 4.26. The quantitative estimate of drug-likeness (QED) is 0.883. The zero-order valence-corrected chi connectivity index (χ0v) is 9.08. The normalized spacial score (nSPS) is 17.0. The van der Waals surface area contributed by atoms with Crippen LogP contribution in [0.4, 0.5) is 13.2 Å². The Balaban J connectivity index is 2.61. The molecule has 3 nitrogen and oxygen atoms in total. The summed E-state index contributed by atoms with van der Waals surface area (Å²) < 4.78 is 37.7. The number of aromatic carboxylic acids is 1. The number of benzene rings is 1. The van der Waals surface area contributed by atoms with Crippen LogP contribution in [0.25, 0.3) is 0 Å². The van der Waals surface area contributed by atoms with Crippen molar-refractivity contribution in [1.29, 1.82) is 5.26 Å². The number of carboxylic acid groups (broad SMARTS) is 1. The fourth-order valence-corrected chi connectivity index (χ4v) is 1.87. The van der Waals surface area contributed by atoms with Gasteiger partial charge in [0.15, 0.2) is 0 Å². The first kappa shape index (κ1) is 12.4. The Hall–Kier alpha value is -2.03. The van der Waals surface area contributed by atoms with E-state index >= 15 is 0 Å². The van der Waals surface area contributed by atoms with Crippen LogP contribution in [0.15, 0.2) is 18.2 Å². The van der Waals surface area contributed by atoms with Crippen LogP contribution in [0.5, 0.6) is 0 Å². The van der Waals surface area contributed by atoms with Crippen molar-refractivity contribution in [3.8, 4) is 6.07 Å². The van der Waals surface area contributed by atoms with Crippen LogP contribution < -0.4 is 0 Å². The minimum absolute atomic E-state index is 0.0349. The van der Waals surface area contributed by atoms with Gasteiger partial charge in [0, 0.05) is 0 Å². The van der Waals surface area contributed by atoms with E-state index in [4.69, 9.17) is 10.4 Å². The van der Waals surface area contributed by atoms with E-state index in [-0.39, 0.29) is 11.1 Å². The molecule has 2 rings (SSSR count). The fraction of sp³-hybridized carbons (Fsp3) is 0.333. The highest BCUT2D eigenvalue weighted by molar-refractivity contribution is 5.90. The molecule has 94 valence electrons. The number of hydrogen-bond acceptors (Lipinski definition) is 2. The average molecular weight is 255 g/mol. The van der Waals surface area contributed by atoms with E-state index in [1.54, 1.807) is 0 Å². The molecule has 0 heterocycles. The Bertz CT molecular complexity index is 553. The molecule has 0 aromatic heterocycles. The zero-order chi connectivity index (χ0) is 13.6. The minimum Gasteiger partial charge on any atom is -0.478 e. The van der Waals surface area contributed by atoms with Gasteiger partial charge in [-0.3, -0.25) is 0 Å². The molecular formula is C12H8F3NO2. The van der Waals surface area contributed by atoms with Gasteiger partial charge in [-0.05, 0) is 36.6 Å². The van der Waals surface area contributed by atoms with Gasteiger partial charge in [-0.2, -0.15) is 18.4 Å². The van der Waals surface area contributed by atoms with Crippen molar-refractivity contribution in [3.63, 3.8) is 0 Å². The monoisotopic (exact) mass is 255 g/mol. The molecule has 0 aliphatic heterocycles. The standard InChI is InChI=1S/C12H8F3NO2/c13-12(14,15)7-1-2-8(10(17)18)9(5-7)11(6-16)3-4-11/h1-2,5H,3-4H2,(H,17,18). The summed E-state index contributed by atoms with van der Waals surface area (Å²) >= 11 is 0. The summed E-state index contributed by atoms with van der Waals surface area (Å²) in [6.07, 6.45) is -3.76. The lowest BCUT2D eigenvalue weighted by Gasteiger charge is -2.14. The van der Waals surface area contributed by atoms with E-state index in [1.165, 1.54) is 0 Å². The van der Waals surface area contributed by atoms with E-state index in [0.29, 0.717) is 12.8 Å². The van der Waals surface area contributed by atoms with Gasteiger partial charge in [-0.15, -0.1) is 0 Å². The predicted octanol–water partition coefficient (Wildman–Crippen LogP) is 2.96. The first-order chi connectivity index (χ1) is 8.30. The maximum Gasteiger partial charge on any atom is 0.416 e. The van der Waals surface area contributed by atoms with Crippen molar-refractivity contribution < 1.29 is 23.1 Å². The Labute approximate surface area is 100 Å². The predicted molar refractivity (Wildman–Crippen MR) is 54.9 cm³/mol. The van der Waals surface area contributed by atoms with Gasteiger partial charge in [-0.25, -0.2) is 4.79 Å². The van der Waals surface area contributed by atoms with E-state index in [0.717, 1.165) is 18.2 Å². The number of hydrogen-bond donors (Lipinski definition) is 1. The van der Waals surface area contributed by atoms with Crippen molar-refractivity contribution in [1.82, 2.24) is 0 Å². The number of rotatable bonds is 2. The molecule has 1 aromatic carbocycles. The highest BCUT2D eigenvalue weighted by Gasteiger charge is 2.48. The second kappa shape index (κ2) is 3.73. The summed E-state index contributed by atoms with van der Waals surface area (Å²) in [5, 5.41) is 17.9.